The number of thioether (sulfide) groups is 1. The van der Waals surface area contributed by atoms with E-state index in [2.05, 4.69) is 34.8 Å². The molecule has 4 aromatic rings. The molecule has 0 aliphatic rings. The van der Waals surface area contributed by atoms with Gasteiger partial charge in [-0.25, -0.2) is 5.43 Å². The molecule has 0 saturated carbocycles. The summed E-state index contributed by atoms with van der Waals surface area (Å²) in [7, 11) is 0. The maximum Gasteiger partial charge on any atom is 0.250 e. The van der Waals surface area contributed by atoms with Gasteiger partial charge in [0.2, 0.25) is 5.91 Å². The van der Waals surface area contributed by atoms with Gasteiger partial charge in [0.25, 0.3) is 0 Å². The summed E-state index contributed by atoms with van der Waals surface area (Å²) in [5.41, 5.74) is 4.56. The minimum absolute atomic E-state index is 0.170. The van der Waals surface area contributed by atoms with Crippen molar-refractivity contribution in [3.05, 3.63) is 107 Å². The number of hydrogen-bond donors (Lipinski definition) is 1. The average Bonchev–Trinajstić information content (AvgIpc) is 2.83. The average molecular weight is 461 g/mol. The SMILES string of the molecule is O=C(CSc1ccc(Cl)cc1)N/N=C\c1ccc(OCc2cccc3ccccc23)cc1. The second kappa shape index (κ2) is 10.8. The Morgan fingerprint density at radius 1 is 0.938 bits per heavy atom. The van der Waals surface area contributed by atoms with Crippen LogP contribution in [0.15, 0.2) is 101 Å². The third kappa shape index (κ3) is 6.13. The van der Waals surface area contributed by atoms with Crippen molar-refractivity contribution >= 4 is 46.3 Å². The fourth-order valence-corrected chi connectivity index (χ4v) is 3.94. The van der Waals surface area contributed by atoms with Gasteiger partial charge in [-0.3, -0.25) is 4.79 Å². The molecule has 0 bridgehead atoms. The Hall–Kier alpha value is -3.28. The lowest BCUT2D eigenvalue weighted by Crippen LogP contribution is -2.19. The summed E-state index contributed by atoms with van der Waals surface area (Å²) in [6.07, 6.45) is 1.61. The number of amides is 1. The van der Waals surface area contributed by atoms with E-state index in [-0.39, 0.29) is 11.7 Å². The predicted octanol–water partition coefficient (Wildman–Crippen LogP) is 6.31. The van der Waals surface area contributed by atoms with Crippen molar-refractivity contribution in [3.63, 3.8) is 0 Å². The lowest BCUT2D eigenvalue weighted by molar-refractivity contribution is -0.118. The first-order valence-corrected chi connectivity index (χ1v) is 11.4. The van der Waals surface area contributed by atoms with Crippen molar-refractivity contribution in [1.82, 2.24) is 5.43 Å². The third-order valence-electron chi connectivity index (χ3n) is 4.74. The van der Waals surface area contributed by atoms with Gasteiger partial charge < -0.3 is 4.74 Å². The number of carbonyl (C=O) groups is 1. The van der Waals surface area contributed by atoms with Crippen LogP contribution in [-0.2, 0) is 11.4 Å². The summed E-state index contributed by atoms with van der Waals surface area (Å²) >= 11 is 7.29. The van der Waals surface area contributed by atoms with E-state index in [9.17, 15) is 4.79 Å². The molecule has 1 amide bonds. The number of fused-ring (bicyclic) bond motifs is 1. The molecule has 0 heterocycles. The van der Waals surface area contributed by atoms with Crippen molar-refractivity contribution in [2.24, 2.45) is 5.10 Å². The first-order chi connectivity index (χ1) is 15.7. The summed E-state index contributed by atoms with van der Waals surface area (Å²) in [5, 5.41) is 7.10. The summed E-state index contributed by atoms with van der Waals surface area (Å²) in [6.45, 7) is 0.496. The molecule has 4 aromatic carbocycles. The molecule has 0 radical (unpaired) electrons. The molecule has 0 atom stereocenters. The van der Waals surface area contributed by atoms with Gasteiger partial charge in [-0.15, -0.1) is 11.8 Å². The van der Waals surface area contributed by atoms with Gasteiger partial charge in [0.05, 0.1) is 12.0 Å². The highest BCUT2D eigenvalue weighted by Gasteiger charge is 2.03. The van der Waals surface area contributed by atoms with Gasteiger partial charge in [0.1, 0.15) is 12.4 Å². The van der Waals surface area contributed by atoms with Crippen molar-refractivity contribution in [2.45, 2.75) is 11.5 Å². The highest BCUT2D eigenvalue weighted by atomic mass is 35.5. The minimum Gasteiger partial charge on any atom is -0.489 e. The van der Waals surface area contributed by atoms with Crippen LogP contribution in [0.5, 0.6) is 5.75 Å². The van der Waals surface area contributed by atoms with Gasteiger partial charge in [-0.1, -0.05) is 54.1 Å². The molecule has 0 fully saturated rings. The van der Waals surface area contributed by atoms with Crippen LogP contribution >= 0.6 is 23.4 Å². The number of benzene rings is 4. The Bertz CT molecular complexity index is 1220. The van der Waals surface area contributed by atoms with E-state index in [4.69, 9.17) is 16.3 Å². The lowest BCUT2D eigenvalue weighted by atomic mass is 10.1. The Balaban J connectivity index is 1.25. The number of nitrogens with zero attached hydrogens (tertiary/aromatic N) is 1. The maximum absolute atomic E-state index is 11.9. The standard InChI is InChI=1S/C26H21ClN2O2S/c27-22-10-14-24(15-11-22)32-18-26(30)29-28-16-19-8-12-23(13-9-19)31-17-21-6-3-5-20-4-1-2-7-25(20)21/h1-16H,17-18H2,(H,29,30)/b28-16-. The number of carbonyl (C=O) groups excluding carboxylic acids is 1. The fraction of sp³-hybridized carbons (Fsp3) is 0.0769. The van der Waals surface area contributed by atoms with Gasteiger partial charge in [-0.05, 0) is 70.4 Å². The van der Waals surface area contributed by atoms with Gasteiger partial charge in [0.15, 0.2) is 0 Å². The number of rotatable bonds is 8. The van der Waals surface area contributed by atoms with Crippen LogP contribution in [0.25, 0.3) is 10.8 Å². The smallest absolute Gasteiger partial charge is 0.250 e. The predicted molar refractivity (Wildman–Crippen MR) is 133 cm³/mol. The fourth-order valence-electron chi connectivity index (χ4n) is 3.12. The lowest BCUT2D eigenvalue weighted by Gasteiger charge is -2.09. The molecule has 4 rings (SSSR count). The Morgan fingerprint density at radius 3 is 2.50 bits per heavy atom. The first kappa shape index (κ1) is 21.9. The van der Waals surface area contributed by atoms with E-state index in [0.717, 1.165) is 21.8 Å². The summed E-state index contributed by atoms with van der Waals surface area (Å²) in [5.74, 6) is 0.884. The van der Waals surface area contributed by atoms with Gasteiger partial charge in [0, 0.05) is 9.92 Å². The number of hydrazone groups is 1. The highest BCUT2D eigenvalue weighted by Crippen LogP contribution is 2.21. The minimum atomic E-state index is -0.170. The number of nitrogens with one attached hydrogen (secondary N) is 1. The molecule has 6 heteroatoms. The number of hydrogen-bond acceptors (Lipinski definition) is 4. The van der Waals surface area contributed by atoms with Crippen molar-refractivity contribution in [1.29, 1.82) is 0 Å². The maximum atomic E-state index is 11.9. The second-order valence-electron chi connectivity index (χ2n) is 7.03. The monoisotopic (exact) mass is 460 g/mol. The molecular formula is C26H21ClN2O2S. The van der Waals surface area contributed by atoms with Crippen LogP contribution in [0.4, 0.5) is 0 Å². The Labute approximate surface area is 196 Å². The van der Waals surface area contributed by atoms with Gasteiger partial charge >= 0.3 is 0 Å². The van der Waals surface area contributed by atoms with Crippen molar-refractivity contribution in [3.8, 4) is 5.75 Å². The molecule has 0 saturated heterocycles. The topological polar surface area (TPSA) is 50.7 Å². The molecule has 160 valence electrons. The summed E-state index contributed by atoms with van der Waals surface area (Å²) < 4.78 is 5.95. The first-order valence-electron chi connectivity index (χ1n) is 10.1. The zero-order valence-electron chi connectivity index (χ0n) is 17.2. The van der Waals surface area contributed by atoms with E-state index in [1.165, 1.54) is 22.5 Å². The van der Waals surface area contributed by atoms with Crippen LogP contribution < -0.4 is 10.2 Å². The molecule has 0 aliphatic carbocycles. The molecule has 1 N–H and O–H groups in total. The molecule has 0 unspecified atom stereocenters. The molecular weight excluding hydrogens is 440 g/mol. The van der Waals surface area contributed by atoms with E-state index in [0.29, 0.717) is 11.6 Å². The Kier molecular flexibility index (Phi) is 7.43. The number of ether oxygens (including phenoxy) is 1. The zero-order valence-corrected chi connectivity index (χ0v) is 18.8. The largest absolute Gasteiger partial charge is 0.489 e. The Morgan fingerprint density at radius 2 is 1.69 bits per heavy atom. The van der Waals surface area contributed by atoms with Crippen LogP contribution in [0.3, 0.4) is 0 Å². The van der Waals surface area contributed by atoms with Crippen LogP contribution in [-0.4, -0.2) is 17.9 Å². The number of halogens is 1. The molecule has 0 spiro atoms. The van der Waals surface area contributed by atoms with Crippen molar-refractivity contribution < 1.29 is 9.53 Å². The third-order valence-corrected chi connectivity index (χ3v) is 6.00. The molecule has 0 aromatic heterocycles. The van der Waals surface area contributed by atoms with Crippen molar-refractivity contribution in [2.75, 3.05) is 5.75 Å². The summed E-state index contributed by atoms with van der Waals surface area (Å²) in [6, 6.07) is 29.5. The zero-order chi connectivity index (χ0) is 22.2. The molecule has 0 aliphatic heterocycles. The second-order valence-corrected chi connectivity index (χ2v) is 8.52. The van der Waals surface area contributed by atoms with E-state index in [1.807, 2.05) is 54.6 Å². The van der Waals surface area contributed by atoms with Crippen LogP contribution in [0, 0.1) is 0 Å². The van der Waals surface area contributed by atoms with Crippen LogP contribution in [0.2, 0.25) is 5.02 Å². The van der Waals surface area contributed by atoms with Crippen LogP contribution in [0.1, 0.15) is 11.1 Å². The van der Waals surface area contributed by atoms with E-state index < -0.39 is 0 Å². The van der Waals surface area contributed by atoms with E-state index >= 15 is 0 Å². The van der Waals surface area contributed by atoms with Gasteiger partial charge in [-0.2, -0.15) is 5.10 Å². The highest BCUT2D eigenvalue weighted by molar-refractivity contribution is 8.00. The van der Waals surface area contributed by atoms with E-state index in [1.54, 1.807) is 18.3 Å². The quantitative estimate of drug-likeness (QED) is 0.190. The molecule has 4 nitrogen and oxygen atoms in total. The molecule has 32 heavy (non-hydrogen) atoms. The summed E-state index contributed by atoms with van der Waals surface area (Å²) in [4.78, 5) is 12.9. The normalized spacial score (nSPS) is 11.0.